The zero-order valence-electron chi connectivity index (χ0n) is 21.4. The van der Waals surface area contributed by atoms with Gasteiger partial charge in [-0.2, -0.15) is 0 Å². The van der Waals surface area contributed by atoms with E-state index in [1.807, 2.05) is 13.8 Å². The average Bonchev–Trinajstić information content (AvgIpc) is 3.09. The Kier molecular flexibility index (Phi) is 8.70. The fraction of sp³-hybridized carbons (Fsp3) is 0.793. The van der Waals surface area contributed by atoms with Crippen LogP contribution in [0.2, 0.25) is 0 Å². The molecule has 0 saturated heterocycles. The molecule has 3 aliphatic rings. The third kappa shape index (κ3) is 6.01. The maximum absolute atomic E-state index is 10.6. The first-order valence-corrected chi connectivity index (χ1v) is 13.3. The fourth-order valence-electron chi connectivity index (χ4n) is 7.32. The van der Waals surface area contributed by atoms with E-state index in [2.05, 4.69) is 32.6 Å². The number of aliphatic hydroxyl groups is 4. The summed E-state index contributed by atoms with van der Waals surface area (Å²) in [5, 5.41) is 40.4. The largest absolute Gasteiger partial charge is 0.396 e. The average molecular weight is 461 g/mol. The SMILES string of the molecule is C=C1/C(=C\C=C2/CCC[C@]3(C)[C@@H]([C@@H](C)CCCC(C)(C)O)CC[C@@H]23)C[C@@H](O)[C@H](CCO)[C@@H]1O. The third-order valence-electron chi connectivity index (χ3n) is 9.23. The summed E-state index contributed by atoms with van der Waals surface area (Å²) in [4.78, 5) is 0. The van der Waals surface area contributed by atoms with Gasteiger partial charge in [-0.15, -0.1) is 0 Å². The Morgan fingerprint density at radius 2 is 1.94 bits per heavy atom. The molecule has 4 N–H and O–H groups in total. The topological polar surface area (TPSA) is 80.9 Å². The number of allylic oxidation sites excluding steroid dienone is 3. The lowest BCUT2D eigenvalue weighted by atomic mass is 9.60. The van der Waals surface area contributed by atoms with Gasteiger partial charge in [-0.25, -0.2) is 0 Å². The highest BCUT2D eigenvalue weighted by atomic mass is 16.3. The number of hydrogen-bond acceptors (Lipinski definition) is 4. The Labute approximate surface area is 201 Å². The molecule has 33 heavy (non-hydrogen) atoms. The molecule has 0 bridgehead atoms. The lowest BCUT2D eigenvalue weighted by molar-refractivity contribution is 0.00609. The van der Waals surface area contributed by atoms with Gasteiger partial charge >= 0.3 is 0 Å². The van der Waals surface area contributed by atoms with Gasteiger partial charge in [0.1, 0.15) is 0 Å². The molecular formula is C29H48O4. The first kappa shape index (κ1) is 26.7. The molecule has 0 amide bonds. The van der Waals surface area contributed by atoms with Crippen molar-refractivity contribution in [1.82, 2.24) is 0 Å². The van der Waals surface area contributed by atoms with E-state index in [0.717, 1.165) is 30.8 Å². The molecule has 3 aliphatic carbocycles. The summed E-state index contributed by atoms with van der Waals surface area (Å²) in [7, 11) is 0. The second kappa shape index (κ2) is 10.8. The summed E-state index contributed by atoms with van der Waals surface area (Å²) in [6.45, 7) is 12.8. The van der Waals surface area contributed by atoms with Gasteiger partial charge in [0.2, 0.25) is 0 Å². The smallest absolute Gasteiger partial charge is 0.0840 e. The Morgan fingerprint density at radius 3 is 2.61 bits per heavy atom. The van der Waals surface area contributed by atoms with Gasteiger partial charge < -0.3 is 20.4 Å². The van der Waals surface area contributed by atoms with Crippen LogP contribution in [-0.4, -0.2) is 44.8 Å². The lowest BCUT2D eigenvalue weighted by Gasteiger charge is -2.44. The Bertz CT molecular complexity index is 745. The zero-order valence-corrected chi connectivity index (χ0v) is 21.4. The molecule has 0 aromatic rings. The van der Waals surface area contributed by atoms with Crippen LogP contribution in [0, 0.1) is 29.1 Å². The van der Waals surface area contributed by atoms with Gasteiger partial charge in [-0.3, -0.25) is 0 Å². The van der Waals surface area contributed by atoms with Crippen molar-refractivity contribution in [3.63, 3.8) is 0 Å². The van der Waals surface area contributed by atoms with E-state index < -0.39 is 17.8 Å². The van der Waals surface area contributed by atoms with Crippen molar-refractivity contribution in [2.75, 3.05) is 6.61 Å². The highest BCUT2D eigenvalue weighted by molar-refractivity contribution is 5.39. The summed E-state index contributed by atoms with van der Waals surface area (Å²) in [6, 6.07) is 0. The summed E-state index contributed by atoms with van der Waals surface area (Å²) < 4.78 is 0. The highest BCUT2D eigenvalue weighted by Crippen LogP contribution is 2.60. The van der Waals surface area contributed by atoms with Gasteiger partial charge in [0.15, 0.2) is 0 Å². The van der Waals surface area contributed by atoms with Crippen molar-refractivity contribution in [3.05, 3.63) is 35.5 Å². The van der Waals surface area contributed by atoms with Crippen LogP contribution in [0.3, 0.4) is 0 Å². The maximum Gasteiger partial charge on any atom is 0.0840 e. The van der Waals surface area contributed by atoms with E-state index in [-0.39, 0.29) is 12.5 Å². The zero-order chi connectivity index (χ0) is 24.4. The molecule has 3 fully saturated rings. The van der Waals surface area contributed by atoms with E-state index in [0.29, 0.717) is 35.7 Å². The molecule has 0 heterocycles. The first-order valence-electron chi connectivity index (χ1n) is 13.3. The van der Waals surface area contributed by atoms with Crippen molar-refractivity contribution in [1.29, 1.82) is 0 Å². The summed E-state index contributed by atoms with van der Waals surface area (Å²) >= 11 is 0. The second-order valence-corrected chi connectivity index (χ2v) is 12.1. The van der Waals surface area contributed by atoms with Crippen LogP contribution in [0.25, 0.3) is 0 Å². The molecule has 0 aromatic heterocycles. The van der Waals surface area contributed by atoms with Gasteiger partial charge in [0.05, 0.1) is 17.8 Å². The Hall–Kier alpha value is -0.940. The van der Waals surface area contributed by atoms with E-state index in [4.69, 9.17) is 0 Å². The number of aliphatic hydroxyl groups excluding tert-OH is 3. The normalized spacial score (nSPS) is 38.7. The predicted molar refractivity (Wildman–Crippen MR) is 135 cm³/mol. The molecule has 4 heteroatoms. The molecule has 188 valence electrons. The van der Waals surface area contributed by atoms with E-state index in [1.165, 1.54) is 37.7 Å². The summed E-state index contributed by atoms with van der Waals surface area (Å²) in [5.74, 6) is 1.68. The summed E-state index contributed by atoms with van der Waals surface area (Å²) in [5.41, 5.74) is 2.93. The Balaban J connectivity index is 1.70. The molecule has 0 aliphatic heterocycles. The molecule has 3 saturated carbocycles. The minimum absolute atomic E-state index is 0.0349. The second-order valence-electron chi connectivity index (χ2n) is 12.1. The van der Waals surface area contributed by atoms with Crippen LogP contribution >= 0.6 is 0 Å². The van der Waals surface area contributed by atoms with Crippen LogP contribution in [0.15, 0.2) is 35.5 Å². The summed E-state index contributed by atoms with van der Waals surface area (Å²) in [6.07, 6.45) is 13.1. The molecule has 0 spiro atoms. The molecule has 0 unspecified atom stereocenters. The molecule has 3 rings (SSSR count). The van der Waals surface area contributed by atoms with Crippen LogP contribution in [0.1, 0.15) is 91.9 Å². The maximum atomic E-state index is 10.6. The number of hydrogen-bond donors (Lipinski definition) is 4. The van der Waals surface area contributed by atoms with Crippen LogP contribution in [0.5, 0.6) is 0 Å². The molecular weight excluding hydrogens is 412 g/mol. The van der Waals surface area contributed by atoms with E-state index in [9.17, 15) is 20.4 Å². The number of fused-ring (bicyclic) bond motifs is 1. The molecule has 7 atom stereocenters. The molecule has 4 nitrogen and oxygen atoms in total. The van der Waals surface area contributed by atoms with Crippen molar-refractivity contribution in [2.24, 2.45) is 29.1 Å². The van der Waals surface area contributed by atoms with Crippen molar-refractivity contribution < 1.29 is 20.4 Å². The fourth-order valence-corrected chi connectivity index (χ4v) is 7.32. The van der Waals surface area contributed by atoms with Crippen LogP contribution in [-0.2, 0) is 0 Å². The lowest BCUT2D eigenvalue weighted by Crippen LogP contribution is -2.39. The van der Waals surface area contributed by atoms with Crippen LogP contribution in [0.4, 0.5) is 0 Å². The van der Waals surface area contributed by atoms with Crippen molar-refractivity contribution in [3.8, 4) is 0 Å². The van der Waals surface area contributed by atoms with Crippen molar-refractivity contribution >= 4 is 0 Å². The van der Waals surface area contributed by atoms with Gasteiger partial charge in [0, 0.05) is 12.5 Å². The Morgan fingerprint density at radius 1 is 1.21 bits per heavy atom. The number of rotatable bonds is 8. The van der Waals surface area contributed by atoms with Crippen molar-refractivity contribution in [2.45, 2.75) is 110 Å². The predicted octanol–water partition coefficient (Wildman–Crippen LogP) is 5.31. The van der Waals surface area contributed by atoms with E-state index in [1.54, 1.807) is 0 Å². The van der Waals surface area contributed by atoms with E-state index >= 15 is 0 Å². The highest BCUT2D eigenvalue weighted by Gasteiger charge is 2.50. The molecule has 0 radical (unpaired) electrons. The van der Waals surface area contributed by atoms with Gasteiger partial charge in [-0.1, -0.05) is 51.0 Å². The standard InChI is InChI=1S/C29H48O4/c1-19(8-6-15-28(3,4)33)24-12-13-25-21(9-7-16-29(24,25)5)10-11-22-18-26(31)23(14-17-30)27(32)20(22)2/h10-11,19,23-27,30-33H,2,6-9,12-18H2,1,3-5H3/b21-10+,22-11-/t19-,23-,24+,25-,26+,27+,29+/m0/s1. The van der Waals surface area contributed by atoms with Gasteiger partial charge in [0.25, 0.3) is 0 Å². The quantitative estimate of drug-likeness (QED) is 0.395. The first-order chi connectivity index (χ1) is 15.5. The molecule has 0 aromatic carbocycles. The van der Waals surface area contributed by atoms with Crippen LogP contribution < -0.4 is 0 Å². The minimum Gasteiger partial charge on any atom is -0.396 e. The monoisotopic (exact) mass is 460 g/mol. The van der Waals surface area contributed by atoms with Gasteiger partial charge in [-0.05, 0) is 99.5 Å². The third-order valence-corrected chi connectivity index (χ3v) is 9.23. The minimum atomic E-state index is -0.789.